The summed E-state index contributed by atoms with van der Waals surface area (Å²) in [6.45, 7) is 3.36. The normalized spacial score (nSPS) is 27.0. The molecule has 0 amide bonds. The lowest BCUT2D eigenvalue weighted by Gasteiger charge is -2.37. The number of guanidine groups is 1. The van der Waals surface area contributed by atoms with E-state index >= 15 is 0 Å². The van der Waals surface area contributed by atoms with E-state index in [0.717, 1.165) is 12.5 Å². The summed E-state index contributed by atoms with van der Waals surface area (Å²) in [5.74, 6) is 6.55. The molecule has 0 aromatic heterocycles. The van der Waals surface area contributed by atoms with E-state index in [4.69, 9.17) is 5.84 Å². The van der Waals surface area contributed by atoms with Crippen LogP contribution < -0.4 is 11.3 Å². The van der Waals surface area contributed by atoms with Gasteiger partial charge in [-0.15, -0.1) is 0 Å². The Kier molecular flexibility index (Phi) is 4.04. The van der Waals surface area contributed by atoms with Crippen molar-refractivity contribution in [1.29, 1.82) is 0 Å². The van der Waals surface area contributed by atoms with Gasteiger partial charge in [-0.2, -0.15) is 0 Å². The summed E-state index contributed by atoms with van der Waals surface area (Å²) >= 11 is 0. The summed E-state index contributed by atoms with van der Waals surface area (Å²) in [5, 5.41) is 0. The molecule has 2 rings (SSSR count). The van der Waals surface area contributed by atoms with Crippen LogP contribution >= 0.6 is 0 Å². The molecular formula is C12H24N4. The molecule has 3 N–H and O–H groups in total. The molecule has 2 aliphatic rings. The van der Waals surface area contributed by atoms with Gasteiger partial charge in [0.15, 0.2) is 0 Å². The number of hydrogen-bond acceptors (Lipinski definition) is 2. The molecule has 1 aliphatic carbocycles. The smallest absolute Gasteiger partial charge is 0.208 e. The maximum atomic E-state index is 5.62. The van der Waals surface area contributed by atoms with Crippen molar-refractivity contribution in [3.05, 3.63) is 0 Å². The molecule has 0 spiro atoms. The SMILES string of the molecule is CCCC1CCCCN1C(=NC1CC1)NN. The lowest BCUT2D eigenvalue weighted by Crippen LogP contribution is -2.51. The number of hydrazine groups is 1. The molecule has 2 fully saturated rings. The fourth-order valence-corrected chi connectivity index (χ4v) is 2.48. The Hall–Kier alpha value is -0.770. The van der Waals surface area contributed by atoms with Crippen LogP contribution in [-0.2, 0) is 0 Å². The molecule has 4 heteroatoms. The molecule has 1 atom stereocenters. The highest BCUT2D eigenvalue weighted by Gasteiger charge is 2.27. The quantitative estimate of drug-likeness (QED) is 0.331. The van der Waals surface area contributed by atoms with Crippen LogP contribution in [0.4, 0.5) is 0 Å². The van der Waals surface area contributed by atoms with Crippen molar-refractivity contribution in [3.8, 4) is 0 Å². The van der Waals surface area contributed by atoms with Gasteiger partial charge in [-0.05, 0) is 38.5 Å². The minimum Gasteiger partial charge on any atom is -0.339 e. The molecule has 1 saturated heterocycles. The average Bonchev–Trinajstić information content (AvgIpc) is 3.11. The summed E-state index contributed by atoms with van der Waals surface area (Å²) in [7, 11) is 0. The molecule has 0 aromatic rings. The molecular weight excluding hydrogens is 200 g/mol. The summed E-state index contributed by atoms with van der Waals surface area (Å²) < 4.78 is 0. The van der Waals surface area contributed by atoms with Gasteiger partial charge in [0, 0.05) is 12.6 Å². The molecule has 0 bridgehead atoms. The van der Waals surface area contributed by atoms with Gasteiger partial charge in [0.25, 0.3) is 0 Å². The fraction of sp³-hybridized carbons (Fsp3) is 0.917. The Labute approximate surface area is 98.3 Å². The van der Waals surface area contributed by atoms with Crippen LogP contribution in [0.15, 0.2) is 4.99 Å². The van der Waals surface area contributed by atoms with Gasteiger partial charge in [-0.1, -0.05) is 13.3 Å². The third kappa shape index (κ3) is 2.88. The van der Waals surface area contributed by atoms with Gasteiger partial charge in [0.1, 0.15) is 0 Å². The molecule has 0 aromatic carbocycles. The minimum absolute atomic E-state index is 0.537. The highest BCUT2D eigenvalue weighted by atomic mass is 15.4. The van der Waals surface area contributed by atoms with Crippen molar-refractivity contribution < 1.29 is 0 Å². The molecule has 1 unspecified atom stereocenters. The number of aliphatic imine (C=N–C) groups is 1. The first-order valence-electron chi connectivity index (χ1n) is 6.66. The number of rotatable bonds is 3. The highest BCUT2D eigenvalue weighted by Crippen LogP contribution is 2.26. The van der Waals surface area contributed by atoms with E-state index in [9.17, 15) is 0 Å². The van der Waals surface area contributed by atoms with E-state index in [1.54, 1.807) is 0 Å². The van der Waals surface area contributed by atoms with Crippen molar-refractivity contribution in [2.24, 2.45) is 10.8 Å². The number of piperidine rings is 1. The van der Waals surface area contributed by atoms with E-state index in [2.05, 4.69) is 22.2 Å². The van der Waals surface area contributed by atoms with Gasteiger partial charge >= 0.3 is 0 Å². The first kappa shape index (κ1) is 11.7. The molecule has 4 nitrogen and oxygen atoms in total. The zero-order valence-corrected chi connectivity index (χ0v) is 10.3. The van der Waals surface area contributed by atoms with Crippen LogP contribution in [0.5, 0.6) is 0 Å². The Morgan fingerprint density at radius 2 is 2.19 bits per heavy atom. The third-order valence-corrected chi connectivity index (χ3v) is 3.50. The van der Waals surface area contributed by atoms with Crippen LogP contribution in [0.25, 0.3) is 0 Å². The molecule has 1 aliphatic heterocycles. The fourth-order valence-electron chi connectivity index (χ4n) is 2.48. The number of nitrogens with one attached hydrogen (secondary N) is 1. The van der Waals surface area contributed by atoms with Crippen LogP contribution in [0, 0.1) is 0 Å². The minimum atomic E-state index is 0.537. The van der Waals surface area contributed by atoms with Gasteiger partial charge in [-0.3, -0.25) is 5.43 Å². The van der Waals surface area contributed by atoms with E-state index in [1.165, 1.54) is 44.9 Å². The third-order valence-electron chi connectivity index (χ3n) is 3.50. The number of nitrogens with two attached hydrogens (primary N) is 1. The van der Waals surface area contributed by atoms with Crippen molar-refractivity contribution in [2.75, 3.05) is 6.54 Å². The van der Waals surface area contributed by atoms with Crippen molar-refractivity contribution >= 4 is 5.96 Å². The summed E-state index contributed by atoms with van der Waals surface area (Å²) in [6, 6.07) is 1.18. The van der Waals surface area contributed by atoms with E-state index < -0.39 is 0 Å². The van der Waals surface area contributed by atoms with Crippen molar-refractivity contribution in [2.45, 2.75) is 64.0 Å². The van der Waals surface area contributed by atoms with E-state index in [0.29, 0.717) is 12.1 Å². The lowest BCUT2D eigenvalue weighted by atomic mass is 9.99. The van der Waals surface area contributed by atoms with Crippen molar-refractivity contribution in [3.63, 3.8) is 0 Å². The Bertz CT molecular complexity index is 245. The molecule has 16 heavy (non-hydrogen) atoms. The average molecular weight is 224 g/mol. The van der Waals surface area contributed by atoms with Gasteiger partial charge in [-0.25, -0.2) is 10.8 Å². The standard InChI is InChI=1S/C12H24N4/c1-2-5-11-6-3-4-9-16(11)12(15-13)14-10-7-8-10/h10-11H,2-9,13H2,1H3,(H,14,15). The first-order chi connectivity index (χ1) is 7.85. The first-order valence-corrected chi connectivity index (χ1v) is 6.66. The Morgan fingerprint density at radius 1 is 1.38 bits per heavy atom. The van der Waals surface area contributed by atoms with Gasteiger partial charge < -0.3 is 4.90 Å². The van der Waals surface area contributed by atoms with E-state index in [1.807, 2.05) is 0 Å². The van der Waals surface area contributed by atoms with Crippen molar-refractivity contribution in [1.82, 2.24) is 10.3 Å². The van der Waals surface area contributed by atoms with Crippen LogP contribution in [0.1, 0.15) is 51.9 Å². The Morgan fingerprint density at radius 3 is 2.81 bits per heavy atom. The second-order valence-electron chi connectivity index (χ2n) is 4.96. The molecule has 0 radical (unpaired) electrons. The van der Waals surface area contributed by atoms with Crippen LogP contribution in [-0.4, -0.2) is 29.5 Å². The summed E-state index contributed by atoms with van der Waals surface area (Å²) in [4.78, 5) is 7.06. The highest BCUT2D eigenvalue weighted by molar-refractivity contribution is 5.80. The molecule has 92 valence electrons. The zero-order valence-electron chi connectivity index (χ0n) is 10.3. The number of nitrogens with zero attached hydrogens (tertiary/aromatic N) is 2. The second-order valence-corrected chi connectivity index (χ2v) is 4.96. The second kappa shape index (κ2) is 5.53. The van der Waals surface area contributed by atoms with E-state index in [-0.39, 0.29) is 0 Å². The monoisotopic (exact) mass is 224 g/mol. The largest absolute Gasteiger partial charge is 0.339 e. The predicted molar refractivity (Wildman–Crippen MR) is 67.0 cm³/mol. The van der Waals surface area contributed by atoms with Crippen LogP contribution in [0.2, 0.25) is 0 Å². The molecule has 1 heterocycles. The summed E-state index contributed by atoms with van der Waals surface area (Å²) in [6.07, 6.45) is 8.87. The summed E-state index contributed by atoms with van der Waals surface area (Å²) in [5.41, 5.74) is 2.81. The maximum absolute atomic E-state index is 5.62. The lowest BCUT2D eigenvalue weighted by molar-refractivity contribution is 0.221. The molecule has 1 saturated carbocycles. The zero-order chi connectivity index (χ0) is 11.4. The van der Waals surface area contributed by atoms with Gasteiger partial charge in [0.2, 0.25) is 5.96 Å². The van der Waals surface area contributed by atoms with Gasteiger partial charge in [0.05, 0.1) is 6.04 Å². The van der Waals surface area contributed by atoms with Crippen LogP contribution in [0.3, 0.4) is 0 Å². The topological polar surface area (TPSA) is 53.6 Å². The number of likely N-dealkylation sites (tertiary alicyclic amines) is 1. The maximum Gasteiger partial charge on any atom is 0.208 e. The number of hydrogen-bond donors (Lipinski definition) is 2. The predicted octanol–water partition coefficient (Wildman–Crippen LogP) is 1.62. The Balaban J connectivity index is 2.01.